The van der Waals surface area contributed by atoms with Crippen molar-refractivity contribution in [1.82, 2.24) is 0 Å². The molecule has 4 heteroatoms. The summed E-state index contributed by atoms with van der Waals surface area (Å²) in [5, 5.41) is 9.33. The van der Waals surface area contributed by atoms with Crippen molar-refractivity contribution in [2.75, 3.05) is 0 Å². The van der Waals surface area contributed by atoms with E-state index >= 15 is 0 Å². The molecule has 2 aromatic carbocycles. The summed E-state index contributed by atoms with van der Waals surface area (Å²) in [4.78, 5) is 15.0. The molecule has 0 bridgehead atoms. The topological polar surface area (TPSA) is 49.7 Å². The number of allylic oxidation sites excluding steroid dienone is 1. The number of benzene rings is 2. The minimum atomic E-state index is -1.00. The largest absolute Gasteiger partial charge is 0.478 e. The molecule has 0 amide bonds. The zero-order chi connectivity index (χ0) is 14.4. The van der Waals surface area contributed by atoms with Gasteiger partial charge in [-0.05, 0) is 29.8 Å². The van der Waals surface area contributed by atoms with E-state index in [4.69, 9.17) is 16.7 Å². The normalized spacial score (nSPS) is 11.2. The third-order valence-corrected chi connectivity index (χ3v) is 2.90. The Kier molecular flexibility index (Phi) is 4.69. The van der Waals surface area contributed by atoms with Gasteiger partial charge in [0.15, 0.2) is 0 Å². The molecule has 0 aliphatic carbocycles. The van der Waals surface area contributed by atoms with E-state index in [0.29, 0.717) is 10.7 Å². The number of aromatic carboxylic acids is 1. The second kappa shape index (κ2) is 6.68. The Morgan fingerprint density at radius 2 is 1.90 bits per heavy atom. The van der Waals surface area contributed by atoms with E-state index in [9.17, 15) is 4.79 Å². The van der Waals surface area contributed by atoms with Gasteiger partial charge in [0.25, 0.3) is 0 Å². The first-order valence-electron chi connectivity index (χ1n) is 5.95. The summed E-state index contributed by atoms with van der Waals surface area (Å²) in [5.74, 6) is -1.00. The van der Waals surface area contributed by atoms with Gasteiger partial charge in [0.2, 0.25) is 0 Å². The second-order valence-corrected chi connectivity index (χ2v) is 4.43. The van der Waals surface area contributed by atoms with Crippen LogP contribution in [0.4, 0.5) is 5.69 Å². The molecule has 0 fully saturated rings. The lowest BCUT2D eigenvalue weighted by Gasteiger charge is -1.99. The van der Waals surface area contributed by atoms with Crippen molar-refractivity contribution in [3.05, 3.63) is 70.8 Å². The standard InChI is InChI=1S/C16H12ClNO2/c17-14-9-8-13(16(19)20)11-15(14)18-10-4-7-12-5-2-1-3-6-12/h1-11H,(H,19,20). The van der Waals surface area contributed by atoms with Crippen LogP contribution in [0.25, 0.3) is 6.08 Å². The van der Waals surface area contributed by atoms with Crippen molar-refractivity contribution in [2.45, 2.75) is 0 Å². The van der Waals surface area contributed by atoms with Gasteiger partial charge in [0.1, 0.15) is 0 Å². The minimum absolute atomic E-state index is 0.161. The number of aliphatic imine (C=N–C) groups is 1. The van der Waals surface area contributed by atoms with E-state index < -0.39 is 5.97 Å². The molecule has 0 aliphatic heterocycles. The van der Waals surface area contributed by atoms with Gasteiger partial charge in [0, 0.05) is 6.21 Å². The van der Waals surface area contributed by atoms with Crippen LogP contribution in [0.2, 0.25) is 5.02 Å². The Balaban J connectivity index is 2.13. The van der Waals surface area contributed by atoms with Crippen LogP contribution in [0, 0.1) is 0 Å². The maximum atomic E-state index is 10.9. The van der Waals surface area contributed by atoms with Crippen LogP contribution < -0.4 is 0 Å². The van der Waals surface area contributed by atoms with Gasteiger partial charge in [-0.3, -0.25) is 4.99 Å². The summed E-state index contributed by atoms with van der Waals surface area (Å²) < 4.78 is 0. The highest BCUT2D eigenvalue weighted by Crippen LogP contribution is 2.25. The van der Waals surface area contributed by atoms with Crippen molar-refractivity contribution >= 4 is 35.5 Å². The highest BCUT2D eigenvalue weighted by atomic mass is 35.5. The zero-order valence-corrected chi connectivity index (χ0v) is 11.3. The lowest BCUT2D eigenvalue weighted by Crippen LogP contribution is -1.94. The number of carboxylic acid groups (broad SMARTS) is 1. The van der Waals surface area contributed by atoms with E-state index in [0.717, 1.165) is 5.56 Å². The molecular formula is C16H12ClNO2. The summed E-state index contributed by atoms with van der Waals surface area (Å²) in [7, 11) is 0. The zero-order valence-electron chi connectivity index (χ0n) is 10.5. The maximum absolute atomic E-state index is 10.9. The third-order valence-electron chi connectivity index (χ3n) is 2.58. The lowest BCUT2D eigenvalue weighted by atomic mass is 10.2. The maximum Gasteiger partial charge on any atom is 0.335 e. The van der Waals surface area contributed by atoms with Crippen LogP contribution in [0.1, 0.15) is 15.9 Å². The molecule has 0 heterocycles. The van der Waals surface area contributed by atoms with Crippen LogP contribution >= 0.6 is 11.6 Å². The number of nitrogens with zero attached hydrogens (tertiary/aromatic N) is 1. The third kappa shape index (κ3) is 3.80. The quantitative estimate of drug-likeness (QED) is 0.844. The lowest BCUT2D eigenvalue weighted by molar-refractivity contribution is 0.0697. The molecule has 2 aromatic rings. The van der Waals surface area contributed by atoms with Crippen LogP contribution in [0.15, 0.2) is 59.6 Å². The second-order valence-electron chi connectivity index (χ2n) is 4.02. The number of carboxylic acids is 1. The van der Waals surface area contributed by atoms with Crippen molar-refractivity contribution in [1.29, 1.82) is 0 Å². The Bertz CT molecular complexity index is 663. The summed E-state index contributed by atoms with van der Waals surface area (Å²) in [6.45, 7) is 0. The molecule has 0 atom stereocenters. The first-order valence-corrected chi connectivity index (χ1v) is 6.33. The fraction of sp³-hybridized carbons (Fsp3) is 0. The van der Waals surface area contributed by atoms with E-state index in [1.807, 2.05) is 36.4 Å². The fourth-order valence-electron chi connectivity index (χ4n) is 1.59. The number of rotatable bonds is 4. The molecule has 0 aromatic heterocycles. The average Bonchev–Trinajstić information content (AvgIpc) is 2.46. The Labute approximate surface area is 121 Å². The molecule has 20 heavy (non-hydrogen) atoms. The molecule has 100 valence electrons. The van der Waals surface area contributed by atoms with E-state index in [-0.39, 0.29) is 5.56 Å². The summed E-state index contributed by atoms with van der Waals surface area (Å²) in [6, 6.07) is 14.2. The van der Waals surface area contributed by atoms with Crippen LogP contribution in [0.3, 0.4) is 0 Å². The molecule has 3 nitrogen and oxygen atoms in total. The molecule has 0 aliphatic rings. The van der Waals surface area contributed by atoms with Crippen LogP contribution in [-0.4, -0.2) is 17.3 Å². The van der Waals surface area contributed by atoms with Gasteiger partial charge in [-0.25, -0.2) is 4.79 Å². The number of hydrogen-bond acceptors (Lipinski definition) is 2. The Morgan fingerprint density at radius 1 is 1.15 bits per heavy atom. The predicted octanol–water partition coefficient (Wildman–Crippen LogP) is 4.45. The van der Waals surface area contributed by atoms with Gasteiger partial charge < -0.3 is 5.11 Å². The average molecular weight is 286 g/mol. The van der Waals surface area contributed by atoms with E-state index in [1.165, 1.54) is 18.2 Å². The highest BCUT2D eigenvalue weighted by Gasteiger charge is 2.05. The van der Waals surface area contributed by atoms with Crippen molar-refractivity contribution in [3.8, 4) is 0 Å². The Hall–Kier alpha value is -2.39. The molecule has 2 rings (SSSR count). The Morgan fingerprint density at radius 3 is 2.60 bits per heavy atom. The van der Waals surface area contributed by atoms with Crippen molar-refractivity contribution < 1.29 is 9.90 Å². The SMILES string of the molecule is O=C(O)c1ccc(Cl)c(N=CC=Cc2ccccc2)c1. The fourth-order valence-corrected chi connectivity index (χ4v) is 1.75. The number of carbonyl (C=O) groups is 1. The summed E-state index contributed by atoms with van der Waals surface area (Å²) in [5.41, 5.74) is 1.65. The molecule has 0 spiro atoms. The molecule has 0 saturated heterocycles. The number of hydrogen-bond donors (Lipinski definition) is 1. The molecule has 0 unspecified atom stereocenters. The minimum Gasteiger partial charge on any atom is -0.478 e. The first-order chi connectivity index (χ1) is 9.66. The molecule has 1 N–H and O–H groups in total. The van der Waals surface area contributed by atoms with E-state index in [1.54, 1.807) is 12.3 Å². The predicted molar refractivity (Wildman–Crippen MR) is 82.0 cm³/mol. The molecule has 0 saturated carbocycles. The summed E-state index contributed by atoms with van der Waals surface area (Å²) in [6.07, 6.45) is 5.26. The van der Waals surface area contributed by atoms with Gasteiger partial charge >= 0.3 is 5.97 Å². The molecular weight excluding hydrogens is 274 g/mol. The van der Waals surface area contributed by atoms with Gasteiger partial charge in [-0.15, -0.1) is 0 Å². The molecule has 0 radical (unpaired) electrons. The monoisotopic (exact) mass is 285 g/mol. The van der Waals surface area contributed by atoms with Crippen molar-refractivity contribution in [2.24, 2.45) is 4.99 Å². The van der Waals surface area contributed by atoms with Gasteiger partial charge in [-0.1, -0.05) is 48.0 Å². The number of halogens is 1. The van der Waals surface area contributed by atoms with E-state index in [2.05, 4.69) is 4.99 Å². The van der Waals surface area contributed by atoms with Crippen LogP contribution in [-0.2, 0) is 0 Å². The van der Waals surface area contributed by atoms with Gasteiger partial charge in [0.05, 0.1) is 16.3 Å². The van der Waals surface area contributed by atoms with Crippen LogP contribution in [0.5, 0.6) is 0 Å². The first kappa shape index (κ1) is 14.0. The smallest absolute Gasteiger partial charge is 0.335 e. The van der Waals surface area contributed by atoms with Gasteiger partial charge in [-0.2, -0.15) is 0 Å². The summed E-state index contributed by atoms with van der Waals surface area (Å²) >= 11 is 5.97. The highest BCUT2D eigenvalue weighted by molar-refractivity contribution is 6.33. The van der Waals surface area contributed by atoms with Crippen molar-refractivity contribution in [3.63, 3.8) is 0 Å².